The van der Waals surface area contributed by atoms with Crippen LogP contribution in [0, 0.1) is 11.8 Å². The van der Waals surface area contributed by atoms with Crippen molar-refractivity contribution in [1.82, 2.24) is 10.2 Å². The van der Waals surface area contributed by atoms with Gasteiger partial charge in [-0.15, -0.1) is 0 Å². The molecule has 4 unspecified atom stereocenters. The molecule has 106 valence electrons. The second kappa shape index (κ2) is 6.38. The minimum atomic E-state index is 0.704. The summed E-state index contributed by atoms with van der Waals surface area (Å²) in [5, 5.41) is 3.75. The summed E-state index contributed by atoms with van der Waals surface area (Å²) in [6.07, 6.45) is 7.14. The highest BCUT2D eigenvalue weighted by molar-refractivity contribution is 4.91. The molecule has 2 rings (SSSR count). The molecule has 1 saturated heterocycles. The van der Waals surface area contributed by atoms with E-state index in [4.69, 9.17) is 0 Å². The van der Waals surface area contributed by atoms with E-state index in [1.165, 1.54) is 45.2 Å². The lowest BCUT2D eigenvalue weighted by Crippen LogP contribution is -2.60. The highest BCUT2D eigenvalue weighted by atomic mass is 15.3. The van der Waals surface area contributed by atoms with Crippen molar-refractivity contribution < 1.29 is 0 Å². The molecule has 4 atom stereocenters. The van der Waals surface area contributed by atoms with Crippen molar-refractivity contribution in [1.29, 1.82) is 0 Å². The molecule has 0 aromatic rings. The minimum Gasteiger partial charge on any atom is -0.311 e. The van der Waals surface area contributed by atoms with E-state index < -0.39 is 0 Å². The van der Waals surface area contributed by atoms with E-state index in [0.717, 1.165) is 17.9 Å². The second-order valence-corrected chi connectivity index (χ2v) is 6.73. The van der Waals surface area contributed by atoms with Crippen molar-refractivity contribution in [3.8, 4) is 0 Å². The van der Waals surface area contributed by atoms with Crippen LogP contribution in [0.25, 0.3) is 0 Å². The maximum atomic E-state index is 3.75. The van der Waals surface area contributed by atoms with Crippen molar-refractivity contribution in [2.24, 2.45) is 11.8 Å². The zero-order chi connectivity index (χ0) is 13.1. The van der Waals surface area contributed by atoms with E-state index in [0.29, 0.717) is 12.1 Å². The molecule has 2 heteroatoms. The Morgan fingerprint density at radius 3 is 2.50 bits per heavy atom. The molecule has 1 heterocycles. The molecule has 0 bridgehead atoms. The van der Waals surface area contributed by atoms with E-state index in [2.05, 4.69) is 37.9 Å². The Kier molecular flexibility index (Phi) is 5.08. The van der Waals surface area contributed by atoms with Crippen LogP contribution in [0.15, 0.2) is 0 Å². The van der Waals surface area contributed by atoms with Gasteiger partial charge in [-0.2, -0.15) is 0 Å². The summed E-state index contributed by atoms with van der Waals surface area (Å²) in [5.41, 5.74) is 0. The first-order valence-electron chi connectivity index (χ1n) is 8.12. The van der Waals surface area contributed by atoms with Crippen molar-refractivity contribution in [2.75, 3.05) is 13.1 Å². The largest absolute Gasteiger partial charge is 0.311 e. The average molecular weight is 252 g/mol. The third kappa shape index (κ3) is 3.08. The zero-order valence-electron chi connectivity index (χ0n) is 12.8. The van der Waals surface area contributed by atoms with Gasteiger partial charge in [0.05, 0.1) is 0 Å². The van der Waals surface area contributed by atoms with Crippen LogP contribution in [0.4, 0.5) is 0 Å². The van der Waals surface area contributed by atoms with Crippen molar-refractivity contribution in [3.63, 3.8) is 0 Å². The van der Waals surface area contributed by atoms with E-state index in [9.17, 15) is 0 Å². The van der Waals surface area contributed by atoms with Crippen LogP contribution in [-0.4, -0.2) is 36.1 Å². The fourth-order valence-electron chi connectivity index (χ4n) is 3.85. The zero-order valence-corrected chi connectivity index (χ0v) is 12.8. The van der Waals surface area contributed by atoms with E-state index >= 15 is 0 Å². The minimum absolute atomic E-state index is 0.704. The van der Waals surface area contributed by atoms with Gasteiger partial charge >= 0.3 is 0 Å². The molecule has 0 spiro atoms. The Balaban J connectivity index is 1.95. The first-order chi connectivity index (χ1) is 8.63. The first-order valence-corrected chi connectivity index (χ1v) is 8.12. The van der Waals surface area contributed by atoms with Crippen LogP contribution < -0.4 is 5.32 Å². The Bertz CT molecular complexity index is 247. The first kappa shape index (κ1) is 14.3. The van der Waals surface area contributed by atoms with Gasteiger partial charge in [-0.3, -0.25) is 4.90 Å². The fourth-order valence-corrected chi connectivity index (χ4v) is 3.85. The van der Waals surface area contributed by atoms with Crippen LogP contribution in [0.2, 0.25) is 0 Å². The van der Waals surface area contributed by atoms with Crippen LogP contribution in [0.3, 0.4) is 0 Å². The van der Waals surface area contributed by atoms with Gasteiger partial charge in [-0.1, -0.05) is 33.1 Å². The quantitative estimate of drug-likeness (QED) is 0.826. The van der Waals surface area contributed by atoms with Gasteiger partial charge in [-0.25, -0.2) is 0 Å². The second-order valence-electron chi connectivity index (χ2n) is 6.73. The summed E-state index contributed by atoms with van der Waals surface area (Å²) in [4.78, 5) is 2.79. The highest BCUT2D eigenvalue weighted by Gasteiger charge is 2.34. The molecule has 2 fully saturated rings. The summed E-state index contributed by atoms with van der Waals surface area (Å²) >= 11 is 0. The van der Waals surface area contributed by atoms with Crippen molar-refractivity contribution in [3.05, 3.63) is 0 Å². The summed E-state index contributed by atoms with van der Waals surface area (Å²) in [6, 6.07) is 2.20. The molecule has 2 nitrogen and oxygen atoms in total. The van der Waals surface area contributed by atoms with E-state index in [1.54, 1.807) is 0 Å². The molecule has 1 aliphatic carbocycles. The normalized spacial score (nSPS) is 34.7. The molecule has 2 aliphatic rings. The maximum absolute atomic E-state index is 3.75. The average Bonchev–Trinajstić information content (AvgIpc) is 2.91. The predicted molar refractivity (Wildman–Crippen MR) is 78.8 cm³/mol. The SMILES string of the molecule is CCC(C)C1CN(C(C)C2CCCC2)C(C)CN1. The van der Waals surface area contributed by atoms with Crippen molar-refractivity contribution >= 4 is 0 Å². The molecule has 1 N–H and O–H groups in total. The molecule has 0 radical (unpaired) electrons. The summed E-state index contributed by atoms with van der Waals surface area (Å²) in [6.45, 7) is 12.0. The maximum Gasteiger partial charge on any atom is 0.0221 e. The van der Waals surface area contributed by atoms with Gasteiger partial charge < -0.3 is 5.32 Å². The van der Waals surface area contributed by atoms with Gasteiger partial charge in [0.2, 0.25) is 0 Å². The van der Waals surface area contributed by atoms with Gasteiger partial charge in [0, 0.05) is 31.2 Å². The summed E-state index contributed by atoms with van der Waals surface area (Å²) in [7, 11) is 0. The fraction of sp³-hybridized carbons (Fsp3) is 1.00. The number of nitrogens with one attached hydrogen (secondary N) is 1. The van der Waals surface area contributed by atoms with E-state index in [-0.39, 0.29) is 0 Å². The lowest BCUT2D eigenvalue weighted by molar-refractivity contribution is 0.0563. The van der Waals surface area contributed by atoms with Gasteiger partial charge in [0.25, 0.3) is 0 Å². The smallest absolute Gasteiger partial charge is 0.0221 e. The molecule has 0 aromatic heterocycles. The molecule has 0 aromatic carbocycles. The number of piperazine rings is 1. The number of nitrogens with zero attached hydrogens (tertiary/aromatic N) is 1. The van der Waals surface area contributed by atoms with Crippen molar-refractivity contribution in [2.45, 2.75) is 77.9 Å². The van der Waals surface area contributed by atoms with Crippen LogP contribution in [0.1, 0.15) is 59.8 Å². The summed E-state index contributed by atoms with van der Waals surface area (Å²) in [5.74, 6) is 1.76. The molecule has 18 heavy (non-hydrogen) atoms. The number of hydrogen-bond donors (Lipinski definition) is 1. The molecule has 1 aliphatic heterocycles. The molecular formula is C16H32N2. The highest BCUT2D eigenvalue weighted by Crippen LogP contribution is 2.32. The Hall–Kier alpha value is -0.0800. The van der Waals surface area contributed by atoms with Gasteiger partial charge in [-0.05, 0) is 38.5 Å². The lowest BCUT2D eigenvalue weighted by Gasteiger charge is -2.45. The third-order valence-electron chi connectivity index (χ3n) is 5.59. The van der Waals surface area contributed by atoms with Crippen LogP contribution >= 0.6 is 0 Å². The lowest BCUT2D eigenvalue weighted by atomic mass is 9.91. The van der Waals surface area contributed by atoms with Gasteiger partial charge in [0.15, 0.2) is 0 Å². The Morgan fingerprint density at radius 2 is 1.89 bits per heavy atom. The number of hydrogen-bond acceptors (Lipinski definition) is 2. The Labute approximate surface area is 114 Å². The van der Waals surface area contributed by atoms with Crippen LogP contribution in [-0.2, 0) is 0 Å². The molecule has 1 saturated carbocycles. The topological polar surface area (TPSA) is 15.3 Å². The summed E-state index contributed by atoms with van der Waals surface area (Å²) < 4.78 is 0. The Morgan fingerprint density at radius 1 is 1.22 bits per heavy atom. The predicted octanol–water partition coefficient (Wildman–Crippen LogP) is 3.27. The monoisotopic (exact) mass is 252 g/mol. The number of rotatable bonds is 4. The van der Waals surface area contributed by atoms with Gasteiger partial charge in [0.1, 0.15) is 0 Å². The van der Waals surface area contributed by atoms with E-state index in [1.807, 2.05) is 0 Å². The molecular weight excluding hydrogens is 220 g/mol. The molecule has 0 amide bonds. The third-order valence-corrected chi connectivity index (χ3v) is 5.59. The van der Waals surface area contributed by atoms with Crippen LogP contribution in [0.5, 0.6) is 0 Å². The standard InChI is InChI=1S/C16H32N2/c1-5-12(2)16-11-18(13(3)10-17-16)14(4)15-8-6-7-9-15/h12-17H,5-11H2,1-4H3.